The summed E-state index contributed by atoms with van der Waals surface area (Å²) in [4.78, 5) is 28.2. The number of aryl methyl sites for hydroxylation is 1. The number of ketones is 1. The first-order valence-electron chi connectivity index (χ1n) is 11.5. The highest BCUT2D eigenvalue weighted by atomic mass is 16.5. The molecule has 1 aliphatic carbocycles. The molecule has 0 aromatic heterocycles. The Labute approximate surface area is 194 Å². The number of hydrogen-bond acceptors (Lipinski definition) is 5. The summed E-state index contributed by atoms with van der Waals surface area (Å²) >= 11 is 0. The number of likely N-dealkylation sites (tertiary alicyclic amines) is 1. The zero-order valence-electron chi connectivity index (χ0n) is 19.6. The summed E-state index contributed by atoms with van der Waals surface area (Å²) < 4.78 is 5.52. The van der Waals surface area contributed by atoms with Gasteiger partial charge in [0.15, 0.2) is 0 Å². The number of phenolic OH excluding ortho intramolecular Hbond substituents is 1. The highest BCUT2D eigenvalue weighted by Gasteiger charge is 2.49. The molecular formula is C27H31NO5. The summed E-state index contributed by atoms with van der Waals surface area (Å²) in [6, 6.07) is 9.46. The molecule has 0 bridgehead atoms. The lowest BCUT2D eigenvalue weighted by Gasteiger charge is -2.31. The fraction of sp³-hybridized carbons (Fsp3) is 0.407. The van der Waals surface area contributed by atoms with E-state index in [1.54, 1.807) is 36.3 Å². The van der Waals surface area contributed by atoms with E-state index in [-0.39, 0.29) is 29.0 Å². The van der Waals surface area contributed by atoms with E-state index in [4.69, 9.17) is 4.74 Å². The quantitative estimate of drug-likeness (QED) is 0.372. The maximum atomic E-state index is 13.3. The number of aliphatic hydroxyl groups excluding tert-OH is 1. The summed E-state index contributed by atoms with van der Waals surface area (Å²) in [5, 5.41) is 21.3. The van der Waals surface area contributed by atoms with Gasteiger partial charge in [-0.1, -0.05) is 38.8 Å². The molecule has 4 rings (SSSR count). The number of nitrogens with zero attached hydrogens (tertiary/aromatic N) is 1. The monoisotopic (exact) mass is 449 g/mol. The van der Waals surface area contributed by atoms with Gasteiger partial charge in [0.2, 0.25) is 0 Å². The van der Waals surface area contributed by atoms with Crippen LogP contribution in [0.15, 0.2) is 42.0 Å². The van der Waals surface area contributed by atoms with E-state index in [0.29, 0.717) is 11.1 Å². The molecule has 1 saturated heterocycles. The molecule has 2 aromatic carbocycles. The summed E-state index contributed by atoms with van der Waals surface area (Å²) in [6.07, 6.45) is 3.68. The van der Waals surface area contributed by atoms with E-state index >= 15 is 0 Å². The number of aromatic hydroxyl groups is 1. The van der Waals surface area contributed by atoms with Crippen LogP contribution in [0.3, 0.4) is 0 Å². The third kappa shape index (κ3) is 3.99. The molecule has 1 saturated carbocycles. The second-order valence-corrected chi connectivity index (χ2v) is 9.30. The van der Waals surface area contributed by atoms with E-state index in [9.17, 15) is 19.8 Å². The van der Waals surface area contributed by atoms with Crippen molar-refractivity contribution >= 4 is 17.4 Å². The molecule has 2 aromatic rings. The van der Waals surface area contributed by atoms with E-state index in [1.807, 2.05) is 32.9 Å². The van der Waals surface area contributed by atoms with Gasteiger partial charge in [-0.15, -0.1) is 0 Å². The van der Waals surface area contributed by atoms with Crippen molar-refractivity contribution in [2.24, 2.45) is 0 Å². The lowest BCUT2D eigenvalue weighted by atomic mass is 9.90. The van der Waals surface area contributed by atoms with Gasteiger partial charge in [0, 0.05) is 11.6 Å². The van der Waals surface area contributed by atoms with Gasteiger partial charge in [0.1, 0.15) is 17.3 Å². The maximum absolute atomic E-state index is 13.3. The van der Waals surface area contributed by atoms with Crippen LogP contribution in [0.1, 0.15) is 73.7 Å². The lowest BCUT2D eigenvalue weighted by molar-refractivity contribution is -0.141. The van der Waals surface area contributed by atoms with Crippen molar-refractivity contribution in [2.45, 2.75) is 64.5 Å². The minimum Gasteiger partial charge on any atom is -0.508 e. The average molecular weight is 450 g/mol. The molecule has 1 unspecified atom stereocenters. The standard InChI is InChI=1S/C27H31NO5/c1-15(2)20-14-21(16(3)13-22(20)33-4)25(30)23-24(17-9-11-19(29)12-10-17)28(27(32)26(23)31)18-7-5-6-8-18/h9-15,18,24,29-30H,5-8H2,1-4H3/b25-23+. The zero-order chi connectivity index (χ0) is 23.9. The molecule has 6 nitrogen and oxygen atoms in total. The average Bonchev–Trinajstić information content (AvgIpc) is 3.40. The number of rotatable bonds is 5. The molecule has 2 N–H and O–H groups in total. The van der Waals surface area contributed by atoms with Gasteiger partial charge in [-0.3, -0.25) is 9.59 Å². The van der Waals surface area contributed by atoms with E-state index < -0.39 is 17.7 Å². The van der Waals surface area contributed by atoms with E-state index in [1.165, 1.54) is 0 Å². The number of carbonyl (C=O) groups excluding carboxylic acids is 2. The fourth-order valence-electron chi connectivity index (χ4n) is 5.12. The minimum atomic E-state index is -0.697. The fourth-order valence-corrected chi connectivity index (χ4v) is 5.12. The molecule has 1 atom stereocenters. The Bertz CT molecular complexity index is 1110. The lowest BCUT2D eigenvalue weighted by Crippen LogP contribution is -2.37. The number of Topliss-reactive ketones (excluding diaryl/α,β-unsaturated/α-hetero) is 1. The molecular weight excluding hydrogens is 418 g/mol. The van der Waals surface area contributed by atoms with Gasteiger partial charge in [-0.2, -0.15) is 0 Å². The van der Waals surface area contributed by atoms with Crippen molar-refractivity contribution in [3.63, 3.8) is 0 Å². The van der Waals surface area contributed by atoms with E-state index in [2.05, 4.69) is 0 Å². The van der Waals surface area contributed by atoms with Crippen molar-refractivity contribution in [1.29, 1.82) is 0 Å². The van der Waals surface area contributed by atoms with Gasteiger partial charge in [0.25, 0.3) is 11.7 Å². The highest BCUT2D eigenvalue weighted by molar-refractivity contribution is 6.46. The number of benzene rings is 2. The van der Waals surface area contributed by atoms with Gasteiger partial charge < -0.3 is 19.8 Å². The normalized spacial score (nSPS) is 20.8. The molecule has 1 heterocycles. The Morgan fingerprint density at radius 2 is 1.73 bits per heavy atom. The minimum absolute atomic E-state index is 0.0475. The maximum Gasteiger partial charge on any atom is 0.295 e. The number of methoxy groups -OCH3 is 1. The Morgan fingerprint density at radius 1 is 1.09 bits per heavy atom. The van der Waals surface area contributed by atoms with E-state index in [0.717, 1.165) is 42.6 Å². The number of amides is 1. The third-order valence-corrected chi connectivity index (χ3v) is 6.86. The Balaban J connectivity index is 1.93. The van der Waals surface area contributed by atoms with Crippen LogP contribution in [0.2, 0.25) is 0 Å². The van der Waals surface area contributed by atoms with Crippen molar-refractivity contribution in [2.75, 3.05) is 7.11 Å². The molecule has 1 aliphatic heterocycles. The summed E-state index contributed by atoms with van der Waals surface area (Å²) in [5.74, 6) is -0.449. The second kappa shape index (κ2) is 8.93. The molecule has 174 valence electrons. The van der Waals surface area contributed by atoms with Gasteiger partial charge in [0.05, 0.1) is 18.7 Å². The van der Waals surface area contributed by atoms with Gasteiger partial charge in [-0.25, -0.2) is 0 Å². The summed E-state index contributed by atoms with van der Waals surface area (Å²) in [6.45, 7) is 5.92. The summed E-state index contributed by atoms with van der Waals surface area (Å²) in [7, 11) is 1.61. The smallest absolute Gasteiger partial charge is 0.295 e. The Morgan fingerprint density at radius 3 is 2.30 bits per heavy atom. The predicted molar refractivity (Wildman–Crippen MR) is 126 cm³/mol. The van der Waals surface area contributed by atoms with Crippen molar-refractivity contribution in [3.05, 3.63) is 64.2 Å². The molecule has 33 heavy (non-hydrogen) atoms. The predicted octanol–water partition coefficient (Wildman–Crippen LogP) is 5.20. The first-order chi connectivity index (χ1) is 15.7. The Kier molecular flexibility index (Phi) is 6.19. The van der Waals surface area contributed by atoms with Crippen molar-refractivity contribution in [3.8, 4) is 11.5 Å². The second-order valence-electron chi connectivity index (χ2n) is 9.30. The van der Waals surface area contributed by atoms with Crippen LogP contribution in [0.5, 0.6) is 11.5 Å². The number of ether oxygens (including phenoxy) is 1. The number of aliphatic hydroxyl groups is 1. The first kappa shape index (κ1) is 22.9. The SMILES string of the molecule is COc1cc(C)c(/C(O)=C2\C(=O)C(=O)N(C3CCCC3)C2c2ccc(O)cc2)cc1C(C)C. The van der Waals surface area contributed by atoms with Gasteiger partial charge >= 0.3 is 0 Å². The topological polar surface area (TPSA) is 87.1 Å². The van der Waals surface area contributed by atoms with Crippen molar-refractivity contribution in [1.82, 2.24) is 4.90 Å². The van der Waals surface area contributed by atoms with Crippen LogP contribution in [0.25, 0.3) is 5.76 Å². The first-order valence-corrected chi connectivity index (χ1v) is 11.5. The highest BCUT2D eigenvalue weighted by Crippen LogP contribution is 2.44. The molecule has 2 aliphatic rings. The Hall–Kier alpha value is -3.28. The number of hydrogen-bond donors (Lipinski definition) is 2. The van der Waals surface area contributed by atoms with Crippen molar-refractivity contribution < 1.29 is 24.5 Å². The largest absolute Gasteiger partial charge is 0.508 e. The molecule has 2 fully saturated rings. The van der Waals surface area contributed by atoms with Crippen LogP contribution < -0.4 is 4.74 Å². The van der Waals surface area contributed by atoms with Crippen LogP contribution in [0, 0.1) is 6.92 Å². The molecule has 6 heteroatoms. The van der Waals surface area contributed by atoms with Crippen LogP contribution in [0.4, 0.5) is 0 Å². The van der Waals surface area contributed by atoms with Gasteiger partial charge in [-0.05, 0) is 66.6 Å². The number of phenols is 1. The van der Waals surface area contributed by atoms with Crippen LogP contribution in [-0.2, 0) is 9.59 Å². The van der Waals surface area contributed by atoms with Crippen LogP contribution >= 0.6 is 0 Å². The third-order valence-electron chi connectivity index (χ3n) is 6.86. The molecule has 0 spiro atoms. The molecule has 0 radical (unpaired) electrons. The number of carbonyl (C=O) groups is 2. The molecule has 1 amide bonds. The zero-order valence-corrected chi connectivity index (χ0v) is 19.6. The summed E-state index contributed by atoms with van der Waals surface area (Å²) in [5.41, 5.74) is 2.98. The van der Waals surface area contributed by atoms with Crippen LogP contribution in [-0.4, -0.2) is 40.0 Å².